The van der Waals surface area contributed by atoms with Gasteiger partial charge in [-0.25, -0.2) is 4.57 Å². The molecule has 56 heavy (non-hydrogen) atoms. The molecule has 0 spiro atoms. The number of hydrogen-bond donors (Lipinski definition) is 1. The third kappa shape index (κ3) is 41.1. The van der Waals surface area contributed by atoms with Gasteiger partial charge in [-0.2, -0.15) is 0 Å². The monoisotopic (exact) mass is 805 g/mol. The average molecular weight is 805 g/mol. The van der Waals surface area contributed by atoms with Crippen LogP contribution in [0.4, 0.5) is 0 Å². The minimum atomic E-state index is -4.30. The molecule has 0 heterocycles. The van der Waals surface area contributed by atoms with E-state index in [1.165, 1.54) is 83.5 Å². The van der Waals surface area contributed by atoms with E-state index in [-0.39, 0.29) is 32.0 Å². The van der Waals surface area contributed by atoms with Crippen LogP contribution in [0, 0.1) is 0 Å². The molecule has 1 N–H and O–H groups in total. The second-order valence-electron chi connectivity index (χ2n) is 14.3. The third-order valence-electron chi connectivity index (χ3n) is 9.00. The lowest BCUT2D eigenvalue weighted by atomic mass is 10.1. The summed E-state index contributed by atoms with van der Waals surface area (Å²) in [6.45, 7) is 5.29. The van der Waals surface area contributed by atoms with Gasteiger partial charge in [-0.3, -0.25) is 18.6 Å². The smallest absolute Gasteiger partial charge is 0.462 e. The van der Waals surface area contributed by atoms with Gasteiger partial charge in [-0.15, -0.1) is 0 Å². The molecule has 0 aromatic heterocycles. The largest absolute Gasteiger partial charge is 0.472 e. The van der Waals surface area contributed by atoms with Crippen LogP contribution in [0.15, 0.2) is 72.9 Å². The van der Waals surface area contributed by atoms with Gasteiger partial charge in [0.15, 0.2) is 6.10 Å². The van der Waals surface area contributed by atoms with Crippen molar-refractivity contribution in [3.8, 4) is 0 Å². The average Bonchev–Trinajstić information content (AvgIpc) is 3.18. The van der Waals surface area contributed by atoms with E-state index in [4.69, 9.17) is 18.5 Å². The summed E-state index contributed by atoms with van der Waals surface area (Å²) in [6, 6.07) is 0. The first-order valence-corrected chi connectivity index (χ1v) is 23.7. The zero-order chi connectivity index (χ0) is 41.1. The van der Waals surface area contributed by atoms with Crippen molar-refractivity contribution in [1.82, 2.24) is 0 Å². The SMILES string of the molecule is CC/C=C\C/C=C\C/C=C\C/C=C\CCCCC(=O)OC(COC(=O)CCCCCCCCCCC/C=C\C/C=C\CCCCCCC)COP(=O)(O)OCC. The van der Waals surface area contributed by atoms with Crippen molar-refractivity contribution in [2.45, 2.75) is 194 Å². The maximum Gasteiger partial charge on any atom is 0.472 e. The summed E-state index contributed by atoms with van der Waals surface area (Å²) in [7, 11) is -4.30. The third-order valence-corrected chi connectivity index (χ3v) is 10.1. The highest BCUT2D eigenvalue weighted by molar-refractivity contribution is 7.47. The number of esters is 2. The minimum absolute atomic E-state index is 0.0118. The fourth-order valence-corrected chi connectivity index (χ4v) is 6.52. The summed E-state index contributed by atoms with van der Waals surface area (Å²) in [4.78, 5) is 34.7. The summed E-state index contributed by atoms with van der Waals surface area (Å²) < 4.78 is 32.6. The second-order valence-corrected chi connectivity index (χ2v) is 15.8. The topological polar surface area (TPSA) is 108 Å². The predicted molar refractivity (Wildman–Crippen MR) is 234 cm³/mol. The molecule has 0 rings (SSSR count). The van der Waals surface area contributed by atoms with Crippen molar-refractivity contribution in [2.24, 2.45) is 0 Å². The number of unbranched alkanes of at least 4 members (excludes halogenated alkanes) is 16. The summed E-state index contributed by atoms with van der Waals surface area (Å²) in [5, 5.41) is 0. The van der Waals surface area contributed by atoms with Gasteiger partial charge in [-0.05, 0) is 90.4 Å². The van der Waals surface area contributed by atoms with Crippen LogP contribution >= 0.6 is 7.82 Å². The van der Waals surface area contributed by atoms with Gasteiger partial charge in [0.25, 0.3) is 0 Å². The first-order chi connectivity index (χ1) is 27.3. The number of ether oxygens (including phenoxy) is 2. The molecule has 0 aromatic rings. The number of phosphoric acid groups is 1. The van der Waals surface area contributed by atoms with E-state index in [2.05, 4.69) is 86.8 Å². The number of phosphoric ester groups is 1. The van der Waals surface area contributed by atoms with E-state index in [9.17, 15) is 19.0 Å². The molecule has 0 fully saturated rings. The molecular formula is C47H81O8P. The van der Waals surface area contributed by atoms with Crippen LogP contribution in [-0.4, -0.2) is 42.8 Å². The molecule has 0 amide bonds. The van der Waals surface area contributed by atoms with Crippen LogP contribution in [0.25, 0.3) is 0 Å². The molecule has 0 aliphatic rings. The van der Waals surface area contributed by atoms with Gasteiger partial charge in [0, 0.05) is 12.8 Å². The number of allylic oxidation sites excluding steroid dienone is 12. The lowest BCUT2D eigenvalue weighted by molar-refractivity contribution is -0.161. The van der Waals surface area contributed by atoms with Crippen molar-refractivity contribution < 1.29 is 37.6 Å². The molecule has 2 unspecified atom stereocenters. The Labute approximate surface area is 343 Å². The zero-order valence-electron chi connectivity index (χ0n) is 35.8. The first kappa shape index (κ1) is 53.5. The number of hydrogen-bond acceptors (Lipinski definition) is 7. The molecule has 0 saturated carbocycles. The summed E-state index contributed by atoms with van der Waals surface area (Å²) in [5.74, 6) is -0.855. The van der Waals surface area contributed by atoms with Crippen LogP contribution in [0.5, 0.6) is 0 Å². The fraction of sp³-hybridized carbons (Fsp3) is 0.702. The molecule has 0 bridgehead atoms. The normalized spacial score (nSPS) is 14.0. The minimum Gasteiger partial charge on any atom is -0.462 e. The lowest BCUT2D eigenvalue weighted by Gasteiger charge is -2.19. The molecule has 0 saturated heterocycles. The number of rotatable bonds is 40. The summed E-state index contributed by atoms with van der Waals surface area (Å²) >= 11 is 0. The quantitative estimate of drug-likeness (QED) is 0.0282. The Bertz CT molecular complexity index is 1140. The van der Waals surface area contributed by atoms with E-state index in [1.807, 2.05) is 0 Å². The van der Waals surface area contributed by atoms with Gasteiger partial charge >= 0.3 is 19.8 Å². The molecule has 8 nitrogen and oxygen atoms in total. The van der Waals surface area contributed by atoms with Gasteiger partial charge < -0.3 is 14.4 Å². The molecule has 0 radical (unpaired) electrons. The Morgan fingerprint density at radius 1 is 0.500 bits per heavy atom. The van der Waals surface area contributed by atoms with Crippen LogP contribution in [0.3, 0.4) is 0 Å². The Morgan fingerprint density at radius 3 is 1.41 bits per heavy atom. The molecular weight excluding hydrogens is 723 g/mol. The highest BCUT2D eigenvalue weighted by Crippen LogP contribution is 2.43. The van der Waals surface area contributed by atoms with E-state index in [1.54, 1.807) is 6.92 Å². The molecule has 9 heteroatoms. The van der Waals surface area contributed by atoms with Crippen LogP contribution < -0.4 is 0 Å². The van der Waals surface area contributed by atoms with E-state index < -0.39 is 26.5 Å². The van der Waals surface area contributed by atoms with E-state index in [0.717, 1.165) is 64.2 Å². The lowest BCUT2D eigenvalue weighted by Crippen LogP contribution is -2.29. The standard InChI is InChI=1S/C47H81O8P/c1-4-7-9-11-13-15-17-19-21-22-23-24-25-26-28-29-31-33-35-37-39-41-46(48)52-43-45(44-54-56(50,51)53-6-3)55-47(49)42-40-38-36-34-32-30-27-20-18-16-14-12-10-8-5-2/h8,10,14,16-17,19-20,22-23,27,32,34,45H,4-7,9,11-13,15,18,21,24-26,28-31,33,35-44H2,1-3H3,(H,50,51)/b10-8-,16-14-,19-17-,23-22-,27-20-,34-32-. The molecule has 0 aromatic carbocycles. The van der Waals surface area contributed by atoms with Crippen LogP contribution in [-0.2, 0) is 32.7 Å². The van der Waals surface area contributed by atoms with Gasteiger partial charge in [0.1, 0.15) is 6.61 Å². The highest BCUT2D eigenvalue weighted by atomic mass is 31.2. The Balaban J connectivity index is 4.11. The highest BCUT2D eigenvalue weighted by Gasteiger charge is 2.25. The van der Waals surface area contributed by atoms with Crippen molar-refractivity contribution >= 4 is 19.8 Å². The molecule has 0 aliphatic carbocycles. The maximum absolute atomic E-state index is 12.5. The fourth-order valence-electron chi connectivity index (χ4n) is 5.77. The van der Waals surface area contributed by atoms with Crippen molar-refractivity contribution in [3.63, 3.8) is 0 Å². The Kier molecular flexibility index (Phi) is 40.2. The Morgan fingerprint density at radius 2 is 0.911 bits per heavy atom. The van der Waals surface area contributed by atoms with Crippen molar-refractivity contribution in [3.05, 3.63) is 72.9 Å². The maximum atomic E-state index is 12.5. The van der Waals surface area contributed by atoms with E-state index in [0.29, 0.717) is 6.42 Å². The van der Waals surface area contributed by atoms with Gasteiger partial charge in [0.05, 0.1) is 13.2 Å². The second kappa shape index (κ2) is 42.1. The van der Waals surface area contributed by atoms with Crippen LogP contribution in [0.1, 0.15) is 188 Å². The molecule has 0 aliphatic heterocycles. The number of carbonyl (C=O) groups excluding carboxylic acids is 2. The Hall–Kier alpha value is -2.51. The molecule has 2 atom stereocenters. The molecule has 322 valence electrons. The van der Waals surface area contributed by atoms with Crippen molar-refractivity contribution in [1.29, 1.82) is 0 Å². The van der Waals surface area contributed by atoms with Crippen molar-refractivity contribution in [2.75, 3.05) is 19.8 Å². The zero-order valence-corrected chi connectivity index (χ0v) is 36.7. The van der Waals surface area contributed by atoms with Gasteiger partial charge in [-0.1, -0.05) is 157 Å². The summed E-state index contributed by atoms with van der Waals surface area (Å²) in [5.41, 5.74) is 0. The first-order valence-electron chi connectivity index (χ1n) is 22.2. The van der Waals surface area contributed by atoms with Gasteiger partial charge in [0.2, 0.25) is 0 Å². The number of carbonyl (C=O) groups is 2. The predicted octanol–water partition coefficient (Wildman–Crippen LogP) is 14.1. The summed E-state index contributed by atoms with van der Waals surface area (Å²) in [6.07, 6.45) is 52.5. The van der Waals surface area contributed by atoms with Crippen LogP contribution in [0.2, 0.25) is 0 Å². The van der Waals surface area contributed by atoms with E-state index >= 15 is 0 Å².